The van der Waals surface area contributed by atoms with E-state index in [-0.39, 0.29) is 5.48 Å². The van der Waals surface area contributed by atoms with Crippen LogP contribution in [0, 0.1) is 0 Å². The molecule has 28 heavy (non-hydrogen) atoms. The molecule has 0 aliphatic heterocycles. The molecule has 0 atom stereocenters. The van der Waals surface area contributed by atoms with Crippen LogP contribution in [0.5, 0.6) is 0 Å². The smallest absolute Gasteiger partial charge is 0.0571 e. The Morgan fingerprint density at radius 1 is 0.679 bits per heavy atom. The third-order valence-electron chi connectivity index (χ3n) is 4.30. The largest absolute Gasteiger partial charge is 0.412 e. The zero-order valence-corrected chi connectivity index (χ0v) is 20.1. The Balaban J connectivity index is -0.000000138. The summed E-state index contributed by atoms with van der Waals surface area (Å²) in [5, 5.41) is 8.07. The van der Waals surface area contributed by atoms with Gasteiger partial charge in [0.1, 0.15) is 0 Å². The van der Waals surface area contributed by atoms with Gasteiger partial charge < -0.3 is 24.8 Å². The maximum Gasteiger partial charge on any atom is 0.0571 e. The van der Waals surface area contributed by atoms with Gasteiger partial charge in [0.05, 0.1) is 6.10 Å². The molecule has 5 heteroatoms. The van der Waals surface area contributed by atoms with Gasteiger partial charge in [0, 0.05) is 41.2 Å². The number of aliphatic hydroxyl groups is 1. The monoisotopic (exact) mass is 410 g/mol. The van der Waals surface area contributed by atoms with Crippen molar-refractivity contribution in [1.29, 1.82) is 0 Å². The van der Waals surface area contributed by atoms with Crippen LogP contribution in [0.4, 0.5) is 0 Å². The molecule has 3 N–H and O–H groups in total. The topological polar surface area (TPSA) is 79.4 Å². The second-order valence-corrected chi connectivity index (χ2v) is 6.97. The van der Waals surface area contributed by atoms with Gasteiger partial charge in [-0.05, 0) is 32.1 Å². The highest BCUT2D eigenvalue weighted by atomic mass is 16.5. The van der Waals surface area contributed by atoms with E-state index >= 15 is 0 Å². The summed E-state index contributed by atoms with van der Waals surface area (Å²) in [6.07, 6.45) is 17.0. The number of aliphatic hydroxyl groups excluding tert-OH is 1. The van der Waals surface area contributed by atoms with Crippen molar-refractivity contribution in [2.24, 2.45) is 0 Å². The van der Waals surface area contributed by atoms with Gasteiger partial charge in [-0.1, -0.05) is 72.1 Å². The zero-order chi connectivity index (χ0) is 21.0. The van der Waals surface area contributed by atoms with E-state index in [1.165, 1.54) is 70.6 Å². The van der Waals surface area contributed by atoms with Crippen molar-refractivity contribution in [2.45, 2.75) is 110 Å². The van der Waals surface area contributed by atoms with E-state index in [2.05, 4.69) is 20.8 Å². The maximum absolute atomic E-state index is 8.07. The fraction of sp³-hybridized carbons (Fsp3) is 1.00. The number of hydrogen-bond acceptors (Lipinski definition) is 4. The Bertz CT molecular complexity index is 197. The van der Waals surface area contributed by atoms with Crippen LogP contribution in [0.15, 0.2) is 0 Å². The van der Waals surface area contributed by atoms with E-state index in [1.807, 2.05) is 7.11 Å². The first-order valence-electron chi connectivity index (χ1n) is 11.3. The molecule has 0 aromatic heterocycles. The molecule has 0 amide bonds. The van der Waals surface area contributed by atoms with Crippen molar-refractivity contribution >= 4 is 0 Å². The molecule has 0 radical (unpaired) electrons. The summed E-state index contributed by atoms with van der Waals surface area (Å²) in [5.41, 5.74) is 0. The second kappa shape index (κ2) is 37.5. The van der Waals surface area contributed by atoms with Crippen LogP contribution >= 0.6 is 0 Å². The van der Waals surface area contributed by atoms with Crippen LogP contribution < -0.4 is 0 Å². The van der Waals surface area contributed by atoms with Crippen LogP contribution in [0.3, 0.4) is 0 Å². The number of rotatable bonds is 11. The van der Waals surface area contributed by atoms with E-state index in [0.717, 1.165) is 26.1 Å². The summed E-state index contributed by atoms with van der Waals surface area (Å²) in [6, 6.07) is 0. The van der Waals surface area contributed by atoms with E-state index < -0.39 is 0 Å². The Morgan fingerprint density at radius 3 is 1.46 bits per heavy atom. The minimum Gasteiger partial charge on any atom is -0.412 e. The molecule has 1 aliphatic rings. The van der Waals surface area contributed by atoms with Crippen LogP contribution in [0.2, 0.25) is 0 Å². The lowest BCUT2D eigenvalue weighted by molar-refractivity contribution is 0.0710. The van der Waals surface area contributed by atoms with Crippen molar-refractivity contribution in [3.8, 4) is 0 Å². The molecule has 0 unspecified atom stereocenters. The molecule has 0 heterocycles. The van der Waals surface area contributed by atoms with Gasteiger partial charge in [0.25, 0.3) is 0 Å². The van der Waals surface area contributed by atoms with Crippen LogP contribution in [0.1, 0.15) is 104 Å². The minimum atomic E-state index is 0. The molecular weight excluding hydrogens is 356 g/mol. The van der Waals surface area contributed by atoms with Gasteiger partial charge in [-0.2, -0.15) is 0 Å². The number of hydrogen-bond donors (Lipinski definition) is 1. The van der Waals surface area contributed by atoms with Gasteiger partial charge in [0.2, 0.25) is 0 Å². The van der Waals surface area contributed by atoms with E-state index in [9.17, 15) is 0 Å². The van der Waals surface area contributed by atoms with Crippen molar-refractivity contribution in [3.05, 3.63) is 0 Å². The van der Waals surface area contributed by atoms with Crippen molar-refractivity contribution in [2.75, 3.05) is 41.2 Å². The highest BCUT2D eigenvalue weighted by Gasteiger charge is 2.10. The summed E-state index contributed by atoms with van der Waals surface area (Å²) in [4.78, 5) is 0. The lowest BCUT2D eigenvalue weighted by Gasteiger charge is -2.19. The molecule has 5 nitrogen and oxygen atoms in total. The lowest BCUT2D eigenvalue weighted by atomic mass is 9.98. The summed E-state index contributed by atoms with van der Waals surface area (Å²) in [6.45, 7) is 8.61. The molecule has 0 spiro atoms. The van der Waals surface area contributed by atoms with Crippen LogP contribution in [-0.2, 0) is 14.2 Å². The SMILES string of the molecule is CCCCCCOC.CCCCO.CCCCOC.COC1CCCCC1.O. The van der Waals surface area contributed by atoms with Crippen molar-refractivity contribution < 1.29 is 24.8 Å². The fourth-order valence-electron chi connectivity index (χ4n) is 2.42. The van der Waals surface area contributed by atoms with Crippen LogP contribution in [-0.4, -0.2) is 57.8 Å². The lowest BCUT2D eigenvalue weighted by Crippen LogP contribution is -2.13. The van der Waals surface area contributed by atoms with E-state index in [0.29, 0.717) is 12.7 Å². The van der Waals surface area contributed by atoms with Gasteiger partial charge >= 0.3 is 0 Å². The number of unbranched alkanes of at least 4 members (excludes halogenated alkanes) is 5. The highest BCUT2D eigenvalue weighted by molar-refractivity contribution is 4.63. The summed E-state index contributed by atoms with van der Waals surface area (Å²) >= 11 is 0. The molecule has 0 saturated heterocycles. The van der Waals surface area contributed by atoms with Crippen LogP contribution in [0.25, 0.3) is 0 Å². The Labute approximate surface area is 176 Å². The summed E-state index contributed by atoms with van der Waals surface area (Å²) in [7, 11) is 5.30. The number of ether oxygens (including phenoxy) is 3. The summed E-state index contributed by atoms with van der Waals surface area (Å²) in [5.74, 6) is 0. The molecule has 1 saturated carbocycles. The quantitative estimate of drug-likeness (QED) is 0.452. The standard InChI is InChI=1S/C7H14O.C7H16O.C5H12O.C4H10O.H2O/c1-8-7-5-3-2-4-6-7;1-3-4-5-6-7-8-2;1-3-4-5-6-2;1-2-3-4-5;/h7H,2-6H2,1H3;3-7H2,1-2H3;3-5H2,1-2H3;5H,2-4H2,1H3;1H2. The molecular formula is C23H54O5. The average molecular weight is 411 g/mol. The second-order valence-electron chi connectivity index (χ2n) is 6.97. The Hall–Kier alpha value is -0.200. The fourth-order valence-corrected chi connectivity index (χ4v) is 2.42. The zero-order valence-electron chi connectivity index (χ0n) is 20.1. The molecule has 0 aromatic carbocycles. The normalized spacial score (nSPS) is 13.0. The van der Waals surface area contributed by atoms with Gasteiger partial charge in [0.15, 0.2) is 0 Å². The first kappa shape index (κ1) is 35.3. The first-order valence-corrected chi connectivity index (χ1v) is 11.3. The molecule has 1 rings (SSSR count). The third kappa shape index (κ3) is 40.5. The summed E-state index contributed by atoms with van der Waals surface area (Å²) < 4.78 is 14.9. The number of methoxy groups -OCH3 is 3. The van der Waals surface area contributed by atoms with Gasteiger partial charge in [-0.3, -0.25) is 0 Å². The molecule has 1 aliphatic carbocycles. The third-order valence-corrected chi connectivity index (χ3v) is 4.30. The van der Waals surface area contributed by atoms with E-state index in [4.69, 9.17) is 19.3 Å². The molecule has 176 valence electrons. The van der Waals surface area contributed by atoms with Gasteiger partial charge in [-0.25, -0.2) is 0 Å². The Morgan fingerprint density at radius 2 is 1.18 bits per heavy atom. The molecule has 0 aromatic rings. The highest BCUT2D eigenvalue weighted by Crippen LogP contribution is 2.19. The first-order chi connectivity index (χ1) is 13.2. The average Bonchev–Trinajstić information content (AvgIpc) is 2.72. The minimum absolute atomic E-state index is 0. The Kier molecular flexibility index (Phi) is 47.3. The predicted octanol–water partition coefficient (Wildman–Crippen LogP) is 5.57. The molecule has 0 bridgehead atoms. The van der Waals surface area contributed by atoms with Crippen molar-refractivity contribution in [3.63, 3.8) is 0 Å². The predicted molar refractivity (Wildman–Crippen MR) is 122 cm³/mol. The van der Waals surface area contributed by atoms with Gasteiger partial charge in [-0.15, -0.1) is 0 Å². The maximum atomic E-state index is 8.07. The molecule has 1 fully saturated rings. The van der Waals surface area contributed by atoms with E-state index in [1.54, 1.807) is 14.2 Å². The van der Waals surface area contributed by atoms with Crippen molar-refractivity contribution in [1.82, 2.24) is 0 Å².